The minimum atomic E-state index is 0.106. The Balaban J connectivity index is 1.46. The average molecular weight is 310 g/mol. The highest BCUT2D eigenvalue weighted by Crippen LogP contribution is 2.21. The highest BCUT2D eigenvalue weighted by Gasteiger charge is 2.17. The predicted octanol–water partition coefficient (Wildman–Crippen LogP) is 3.24. The molecule has 0 radical (unpaired) electrons. The smallest absolute Gasteiger partial charge is 0.221 e. The SMILES string of the molecule is O=C(CC1CCCN1)NCc1ccc(Oc2ccccc2)cc1. The van der Waals surface area contributed by atoms with Crippen LogP contribution in [0.3, 0.4) is 0 Å². The molecule has 1 unspecified atom stereocenters. The van der Waals surface area contributed by atoms with Crippen LogP contribution in [-0.2, 0) is 11.3 Å². The molecule has 1 aliphatic rings. The largest absolute Gasteiger partial charge is 0.457 e. The maximum Gasteiger partial charge on any atom is 0.221 e. The topological polar surface area (TPSA) is 50.4 Å². The highest BCUT2D eigenvalue weighted by atomic mass is 16.5. The number of hydrogen-bond acceptors (Lipinski definition) is 3. The van der Waals surface area contributed by atoms with E-state index in [-0.39, 0.29) is 5.91 Å². The van der Waals surface area contributed by atoms with E-state index in [2.05, 4.69) is 10.6 Å². The number of hydrogen-bond donors (Lipinski definition) is 2. The molecule has 0 aromatic heterocycles. The van der Waals surface area contributed by atoms with Crippen LogP contribution in [-0.4, -0.2) is 18.5 Å². The standard InChI is InChI=1S/C19H22N2O2/c22-19(13-16-5-4-12-20-16)21-14-15-8-10-18(11-9-15)23-17-6-2-1-3-7-17/h1-3,6-11,16,20H,4-5,12-14H2,(H,21,22). The number of amides is 1. The van der Waals surface area contributed by atoms with Crippen LogP contribution in [0.25, 0.3) is 0 Å². The summed E-state index contributed by atoms with van der Waals surface area (Å²) in [4.78, 5) is 11.9. The van der Waals surface area contributed by atoms with E-state index in [1.165, 1.54) is 6.42 Å². The zero-order valence-electron chi connectivity index (χ0n) is 13.1. The second-order valence-corrected chi connectivity index (χ2v) is 5.83. The molecule has 23 heavy (non-hydrogen) atoms. The molecule has 0 bridgehead atoms. The fourth-order valence-corrected chi connectivity index (χ4v) is 2.73. The second kappa shape index (κ2) is 7.79. The summed E-state index contributed by atoms with van der Waals surface area (Å²) >= 11 is 0. The van der Waals surface area contributed by atoms with Crippen molar-refractivity contribution in [3.8, 4) is 11.5 Å². The monoisotopic (exact) mass is 310 g/mol. The zero-order chi connectivity index (χ0) is 15.9. The Kier molecular flexibility index (Phi) is 5.27. The van der Waals surface area contributed by atoms with Gasteiger partial charge < -0.3 is 15.4 Å². The van der Waals surface area contributed by atoms with Crippen LogP contribution in [0.2, 0.25) is 0 Å². The number of para-hydroxylation sites is 1. The lowest BCUT2D eigenvalue weighted by molar-refractivity contribution is -0.121. The molecular weight excluding hydrogens is 288 g/mol. The summed E-state index contributed by atoms with van der Waals surface area (Å²) in [7, 11) is 0. The number of rotatable bonds is 6. The van der Waals surface area contributed by atoms with E-state index in [9.17, 15) is 4.79 Å². The Labute approximate surface area is 136 Å². The molecule has 2 aromatic rings. The molecule has 1 fully saturated rings. The minimum absolute atomic E-state index is 0.106. The highest BCUT2D eigenvalue weighted by molar-refractivity contribution is 5.76. The van der Waals surface area contributed by atoms with Crippen molar-refractivity contribution >= 4 is 5.91 Å². The summed E-state index contributed by atoms with van der Waals surface area (Å²) in [5, 5.41) is 6.31. The van der Waals surface area contributed by atoms with Gasteiger partial charge in [0.2, 0.25) is 5.91 Å². The van der Waals surface area contributed by atoms with Gasteiger partial charge in [0, 0.05) is 19.0 Å². The van der Waals surface area contributed by atoms with Crippen molar-refractivity contribution in [1.82, 2.24) is 10.6 Å². The molecule has 3 rings (SSSR count). The van der Waals surface area contributed by atoms with Crippen molar-refractivity contribution in [3.05, 3.63) is 60.2 Å². The molecule has 1 amide bonds. The van der Waals surface area contributed by atoms with E-state index in [4.69, 9.17) is 4.74 Å². The molecular formula is C19H22N2O2. The van der Waals surface area contributed by atoms with Gasteiger partial charge in [-0.05, 0) is 49.2 Å². The molecule has 1 aliphatic heterocycles. The summed E-state index contributed by atoms with van der Waals surface area (Å²) in [6, 6.07) is 17.8. The lowest BCUT2D eigenvalue weighted by atomic mass is 10.1. The first-order chi connectivity index (χ1) is 11.3. The Morgan fingerprint density at radius 3 is 2.52 bits per heavy atom. The van der Waals surface area contributed by atoms with Gasteiger partial charge in [-0.1, -0.05) is 30.3 Å². The first-order valence-corrected chi connectivity index (χ1v) is 8.11. The molecule has 4 heteroatoms. The predicted molar refractivity (Wildman–Crippen MR) is 90.4 cm³/mol. The zero-order valence-corrected chi connectivity index (χ0v) is 13.1. The first kappa shape index (κ1) is 15.6. The number of carbonyl (C=O) groups excluding carboxylic acids is 1. The Morgan fingerprint density at radius 1 is 1.09 bits per heavy atom. The Morgan fingerprint density at radius 2 is 1.83 bits per heavy atom. The van der Waals surface area contributed by atoms with Crippen molar-refractivity contribution < 1.29 is 9.53 Å². The van der Waals surface area contributed by atoms with Crippen LogP contribution in [0.5, 0.6) is 11.5 Å². The van der Waals surface area contributed by atoms with E-state index in [1.54, 1.807) is 0 Å². The molecule has 0 aliphatic carbocycles. The van der Waals surface area contributed by atoms with Crippen LogP contribution >= 0.6 is 0 Å². The van der Waals surface area contributed by atoms with E-state index in [0.717, 1.165) is 30.0 Å². The van der Waals surface area contributed by atoms with Gasteiger partial charge in [-0.2, -0.15) is 0 Å². The number of benzene rings is 2. The van der Waals surface area contributed by atoms with Crippen LogP contribution in [0, 0.1) is 0 Å². The van der Waals surface area contributed by atoms with E-state index in [0.29, 0.717) is 19.0 Å². The van der Waals surface area contributed by atoms with Gasteiger partial charge in [-0.3, -0.25) is 4.79 Å². The fourth-order valence-electron chi connectivity index (χ4n) is 2.73. The van der Waals surface area contributed by atoms with Crippen molar-refractivity contribution in [2.75, 3.05) is 6.54 Å². The van der Waals surface area contributed by atoms with Gasteiger partial charge in [0.1, 0.15) is 11.5 Å². The van der Waals surface area contributed by atoms with Gasteiger partial charge in [-0.25, -0.2) is 0 Å². The third kappa shape index (κ3) is 4.83. The Hall–Kier alpha value is -2.33. The molecule has 120 valence electrons. The normalized spacial score (nSPS) is 17.0. The first-order valence-electron chi connectivity index (χ1n) is 8.11. The fraction of sp³-hybridized carbons (Fsp3) is 0.316. The Bertz CT molecular complexity index is 620. The van der Waals surface area contributed by atoms with Crippen LogP contribution < -0.4 is 15.4 Å². The van der Waals surface area contributed by atoms with Crippen molar-refractivity contribution in [2.45, 2.75) is 31.8 Å². The van der Waals surface area contributed by atoms with Crippen LogP contribution in [0.4, 0.5) is 0 Å². The van der Waals surface area contributed by atoms with Crippen LogP contribution in [0.15, 0.2) is 54.6 Å². The van der Waals surface area contributed by atoms with E-state index < -0.39 is 0 Å². The van der Waals surface area contributed by atoms with Gasteiger partial charge in [0.15, 0.2) is 0 Å². The molecule has 0 saturated carbocycles. The summed E-state index contributed by atoms with van der Waals surface area (Å²) < 4.78 is 5.75. The third-order valence-corrected chi connectivity index (χ3v) is 3.99. The molecule has 2 aromatic carbocycles. The van der Waals surface area contributed by atoms with E-state index in [1.807, 2.05) is 54.6 Å². The summed E-state index contributed by atoms with van der Waals surface area (Å²) in [6.45, 7) is 1.58. The maximum absolute atomic E-state index is 11.9. The summed E-state index contributed by atoms with van der Waals surface area (Å²) in [5.74, 6) is 1.72. The third-order valence-electron chi connectivity index (χ3n) is 3.99. The second-order valence-electron chi connectivity index (χ2n) is 5.83. The van der Waals surface area contributed by atoms with Gasteiger partial charge >= 0.3 is 0 Å². The number of carbonyl (C=O) groups is 1. The van der Waals surface area contributed by atoms with Crippen molar-refractivity contribution in [1.29, 1.82) is 0 Å². The van der Waals surface area contributed by atoms with Crippen LogP contribution in [0.1, 0.15) is 24.8 Å². The molecule has 4 nitrogen and oxygen atoms in total. The molecule has 1 heterocycles. The van der Waals surface area contributed by atoms with E-state index >= 15 is 0 Å². The lowest BCUT2D eigenvalue weighted by Gasteiger charge is -2.11. The minimum Gasteiger partial charge on any atom is -0.457 e. The molecule has 2 N–H and O–H groups in total. The maximum atomic E-state index is 11.9. The van der Waals surface area contributed by atoms with Gasteiger partial charge in [0.25, 0.3) is 0 Å². The number of ether oxygens (including phenoxy) is 1. The summed E-state index contributed by atoms with van der Waals surface area (Å²) in [6.07, 6.45) is 2.83. The lowest BCUT2D eigenvalue weighted by Crippen LogP contribution is -2.31. The number of nitrogens with one attached hydrogen (secondary N) is 2. The van der Waals surface area contributed by atoms with Crippen molar-refractivity contribution in [3.63, 3.8) is 0 Å². The quantitative estimate of drug-likeness (QED) is 0.861. The molecule has 1 saturated heterocycles. The van der Waals surface area contributed by atoms with Crippen molar-refractivity contribution in [2.24, 2.45) is 0 Å². The molecule has 0 spiro atoms. The molecule has 1 atom stereocenters. The van der Waals surface area contributed by atoms with Gasteiger partial charge in [-0.15, -0.1) is 0 Å². The summed E-state index contributed by atoms with van der Waals surface area (Å²) in [5.41, 5.74) is 1.07. The average Bonchev–Trinajstić information content (AvgIpc) is 3.08. The van der Waals surface area contributed by atoms with Gasteiger partial charge in [0.05, 0.1) is 0 Å².